The maximum absolute atomic E-state index is 5.22. The van der Waals surface area contributed by atoms with Gasteiger partial charge in [-0.1, -0.05) is 40.2 Å². The molecule has 0 saturated heterocycles. The van der Waals surface area contributed by atoms with E-state index in [0.717, 1.165) is 23.3 Å². The van der Waals surface area contributed by atoms with Crippen LogP contribution >= 0.6 is 15.9 Å². The van der Waals surface area contributed by atoms with Crippen LogP contribution in [0.1, 0.15) is 16.7 Å². The van der Waals surface area contributed by atoms with Crippen LogP contribution in [0.4, 0.5) is 0 Å². The third kappa shape index (κ3) is 4.08. The van der Waals surface area contributed by atoms with E-state index in [1.165, 1.54) is 16.7 Å². The molecule has 1 N–H and O–H groups in total. The fourth-order valence-corrected chi connectivity index (χ4v) is 2.20. The smallest absolute Gasteiger partial charge is 0.119 e. The summed E-state index contributed by atoms with van der Waals surface area (Å²) < 4.78 is 6.37. The van der Waals surface area contributed by atoms with Crippen molar-refractivity contribution in [2.75, 3.05) is 7.11 Å². The summed E-state index contributed by atoms with van der Waals surface area (Å²) in [5.41, 5.74) is 3.79. The van der Waals surface area contributed by atoms with Gasteiger partial charge in [0.25, 0.3) is 0 Å². The zero-order valence-corrected chi connectivity index (χ0v) is 12.8. The monoisotopic (exact) mass is 319 g/mol. The SMILES string of the molecule is COc1cccc(CNCc2ccc(Br)c(C)c2)c1. The number of methoxy groups -OCH3 is 1. The summed E-state index contributed by atoms with van der Waals surface area (Å²) in [6.07, 6.45) is 0. The van der Waals surface area contributed by atoms with E-state index in [1.807, 2.05) is 12.1 Å². The van der Waals surface area contributed by atoms with Crippen LogP contribution in [-0.2, 0) is 13.1 Å². The summed E-state index contributed by atoms with van der Waals surface area (Å²) >= 11 is 3.52. The molecule has 0 aliphatic rings. The van der Waals surface area contributed by atoms with Crippen molar-refractivity contribution in [3.63, 3.8) is 0 Å². The molecule has 0 aliphatic heterocycles. The maximum Gasteiger partial charge on any atom is 0.119 e. The Morgan fingerprint density at radius 1 is 1.05 bits per heavy atom. The number of nitrogens with one attached hydrogen (secondary N) is 1. The molecule has 0 amide bonds. The molecule has 0 aliphatic carbocycles. The number of ether oxygens (including phenoxy) is 1. The van der Waals surface area contributed by atoms with Crippen LogP contribution in [0.15, 0.2) is 46.9 Å². The lowest BCUT2D eigenvalue weighted by atomic mass is 10.1. The topological polar surface area (TPSA) is 21.3 Å². The summed E-state index contributed by atoms with van der Waals surface area (Å²) in [5.74, 6) is 0.902. The van der Waals surface area contributed by atoms with Crippen LogP contribution in [0.3, 0.4) is 0 Å². The summed E-state index contributed by atoms with van der Waals surface area (Å²) in [5, 5.41) is 3.45. The lowest BCUT2D eigenvalue weighted by molar-refractivity contribution is 0.414. The van der Waals surface area contributed by atoms with Crippen LogP contribution in [0.5, 0.6) is 5.75 Å². The molecule has 0 spiro atoms. The Morgan fingerprint density at radius 2 is 1.79 bits per heavy atom. The first-order valence-electron chi connectivity index (χ1n) is 6.27. The second-order valence-electron chi connectivity index (χ2n) is 4.54. The molecule has 0 atom stereocenters. The van der Waals surface area contributed by atoms with Crippen LogP contribution in [0, 0.1) is 6.92 Å². The van der Waals surface area contributed by atoms with Gasteiger partial charge in [0.15, 0.2) is 0 Å². The van der Waals surface area contributed by atoms with E-state index in [-0.39, 0.29) is 0 Å². The van der Waals surface area contributed by atoms with Crippen molar-refractivity contribution in [1.29, 1.82) is 0 Å². The highest BCUT2D eigenvalue weighted by Crippen LogP contribution is 2.17. The van der Waals surface area contributed by atoms with Gasteiger partial charge in [0.05, 0.1) is 7.11 Å². The predicted octanol–water partition coefficient (Wildman–Crippen LogP) is 4.06. The van der Waals surface area contributed by atoms with Gasteiger partial charge in [-0.15, -0.1) is 0 Å². The number of benzene rings is 2. The Bertz CT molecular complexity index is 554. The molecule has 2 rings (SSSR count). The molecule has 0 unspecified atom stereocenters. The minimum Gasteiger partial charge on any atom is -0.497 e. The predicted molar refractivity (Wildman–Crippen MR) is 82.4 cm³/mol. The second kappa shape index (κ2) is 6.73. The lowest BCUT2D eigenvalue weighted by Crippen LogP contribution is -2.12. The normalized spacial score (nSPS) is 10.5. The Kier molecular flexibility index (Phi) is 5.00. The highest BCUT2D eigenvalue weighted by molar-refractivity contribution is 9.10. The Hall–Kier alpha value is -1.32. The van der Waals surface area contributed by atoms with E-state index in [9.17, 15) is 0 Å². The maximum atomic E-state index is 5.22. The Labute approximate surface area is 122 Å². The van der Waals surface area contributed by atoms with Gasteiger partial charge < -0.3 is 10.1 Å². The largest absolute Gasteiger partial charge is 0.497 e. The molecule has 0 fully saturated rings. The van der Waals surface area contributed by atoms with Gasteiger partial charge in [-0.05, 0) is 41.8 Å². The van der Waals surface area contributed by atoms with Gasteiger partial charge in [-0.2, -0.15) is 0 Å². The summed E-state index contributed by atoms with van der Waals surface area (Å²) in [7, 11) is 1.69. The number of hydrogen-bond acceptors (Lipinski definition) is 2. The highest BCUT2D eigenvalue weighted by atomic mass is 79.9. The lowest BCUT2D eigenvalue weighted by Gasteiger charge is -2.08. The van der Waals surface area contributed by atoms with E-state index in [1.54, 1.807) is 7.11 Å². The molecule has 0 aromatic heterocycles. The van der Waals surface area contributed by atoms with E-state index in [4.69, 9.17) is 4.74 Å². The molecule has 3 heteroatoms. The fraction of sp³-hybridized carbons (Fsp3) is 0.250. The van der Waals surface area contributed by atoms with Crippen LogP contribution in [0.25, 0.3) is 0 Å². The second-order valence-corrected chi connectivity index (χ2v) is 5.39. The molecule has 0 bridgehead atoms. The number of aryl methyl sites for hydroxylation is 1. The first-order chi connectivity index (χ1) is 9.19. The number of halogens is 1. The van der Waals surface area contributed by atoms with Gasteiger partial charge in [-0.25, -0.2) is 0 Å². The van der Waals surface area contributed by atoms with Gasteiger partial charge in [0.2, 0.25) is 0 Å². The van der Waals surface area contributed by atoms with Gasteiger partial charge in [0.1, 0.15) is 5.75 Å². The van der Waals surface area contributed by atoms with Crippen LogP contribution in [-0.4, -0.2) is 7.11 Å². The molecule has 0 saturated carbocycles. The third-order valence-corrected chi connectivity index (χ3v) is 3.90. The van der Waals surface area contributed by atoms with Crippen molar-refractivity contribution >= 4 is 15.9 Å². The summed E-state index contributed by atoms with van der Waals surface area (Å²) in [6.45, 7) is 3.81. The molecular weight excluding hydrogens is 302 g/mol. The van der Waals surface area contributed by atoms with Crippen molar-refractivity contribution in [3.8, 4) is 5.75 Å². The van der Waals surface area contributed by atoms with Gasteiger partial charge >= 0.3 is 0 Å². The quantitative estimate of drug-likeness (QED) is 0.897. The Balaban J connectivity index is 1.90. The molecule has 0 heterocycles. The zero-order valence-electron chi connectivity index (χ0n) is 11.2. The average Bonchev–Trinajstić information content (AvgIpc) is 2.43. The molecular formula is C16H18BrNO. The number of rotatable bonds is 5. The highest BCUT2D eigenvalue weighted by Gasteiger charge is 1.99. The van der Waals surface area contributed by atoms with Crippen molar-refractivity contribution < 1.29 is 4.74 Å². The van der Waals surface area contributed by atoms with Crippen molar-refractivity contribution in [2.45, 2.75) is 20.0 Å². The van der Waals surface area contributed by atoms with E-state index >= 15 is 0 Å². The first kappa shape index (κ1) is 14.1. The van der Waals surface area contributed by atoms with Crippen LogP contribution < -0.4 is 10.1 Å². The standard InChI is InChI=1S/C16H18BrNO/c1-12-8-14(6-7-16(12)17)11-18-10-13-4-3-5-15(9-13)19-2/h3-9,18H,10-11H2,1-2H3. The van der Waals surface area contributed by atoms with Crippen molar-refractivity contribution in [3.05, 3.63) is 63.6 Å². The minimum absolute atomic E-state index is 0.840. The van der Waals surface area contributed by atoms with Crippen molar-refractivity contribution in [2.24, 2.45) is 0 Å². The molecule has 100 valence electrons. The molecule has 2 aromatic rings. The fourth-order valence-electron chi connectivity index (χ4n) is 1.95. The Morgan fingerprint density at radius 3 is 2.47 bits per heavy atom. The zero-order chi connectivity index (χ0) is 13.7. The average molecular weight is 320 g/mol. The molecule has 19 heavy (non-hydrogen) atoms. The van der Waals surface area contributed by atoms with Gasteiger partial charge in [-0.3, -0.25) is 0 Å². The third-order valence-electron chi connectivity index (χ3n) is 3.01. The number of hydrogen-bond donors (Lipinski definition) is 1. The van der Waals surface area contributed by atoms with E-state index < -0.39 is 0 Å². The molecule has 0 radical (unpaired) electrons. The van der Waals surface area contributed by atoms with E-state index in [2.05, 4.69) is 58.5 Å². The first-order valence-corrected chi connectivity index (χ1v) is 7.07. The van der Waals surface area contributed by atoms with E-state index in [0.29, 0.717) is 0 Å². The van der Waals surface area contributed by atoms with Crippen LogP contribution in [0.2, 0.25) is 0 Å². The summed E-state index contributed by atoms with van der Waals surface area (Å²) in [6, 6.07) is 14.6. The summed E-state index contributed by atoms with van der Waals surface area (Å²) in [4.78, 5) is 0. The minimum atomic E-state index is 0.840. The molecule has 2 nitrogen and oxygen atoms in total. The molecule has 2 aromatic carbocycles. The van der Waals surface area contributed by atoms with Gasteiger partial charge in [0, 0.05) is 17.6 Å². The van der Waals surface area contributed by atoms with Crippen molar-refractivity contribution in [1.82, 2.24) is 5.32 Å².